The second kappa shape index (κ2) is 6.46. The number of ketones is 1. The van der Waals surface area contributed by atoms with Gasteiger partial charge in [0.05, 0.1) is 30.2 Å². The number of nitriles is 1. The van der Waals surface area contributed by atoms with Crippen LogP contribution in [0.25, 0.3) is 0 Å². The fourth-order valence-electron chi connectivity index (χ4n) is 4.18. The van der Waals surface area contributed by atoms with Crippen LogP contribution in [0.2, 0.25) is 0 Å². The molecule has 5 atom stereocenters. The minimum Gasteiger partial charge on any atom is -0.358 e. The number of aromatic nitrogens is 2. The van der Waals surface area contributed by atoms with Crippen molar-refractivity contribution in [2.24, 2.45) is 23.0 Å². The molecule has 1 saturated carbocycles. The number of nitrogens with zero attached hydrogens (tertiary/aromatic N) is 3. The predicted molar refractivity (Wildman–Crippen MR) is 84.4 cm³/mol. The van der Waals surface area contributed by atoms with E-state index in [1.165, 1.54) is 12.4 Å². The number of fused-ring (bicyclic) bond motifs is 1. The lowest BCUT2D eigenvalue weighted by molar-refractivity contribution is -0.163. The van der Waals surface area contributed by atoms with E-state index in [1.54, 1.807) is 0 Å². The van der Waals surface area contributed by atoms with Crippen molar-refractivity contribution in [3.05, 3.63) is 18.0 Å². The Bertz CT molecular complexity index is 697. The maximum atomic E-state index is 12.8. The summed E-state index contributed by atoms with van der Waals surface area (Å²) >= 11 is 0. The van der Waals surface area contributed by atoms with Crippen molar-refractivity contribution in [3.8, 4) is 6.07 Å². The molecule has 2 fully saturated rings. The maximum absolute atomic E-state index is 12.8. The summed E-state index contributed by atoms with van der Waals surface area (Å²) in [5.41, 5.74) is 6.44. The minimum absolute atomic E-state index is 0.0278. The van der Waals surface area contributed by atoms with Crippen molar-refractivity contribution in [1.29, 1.82) is 5.26 Å². The van der Waals surface area contributed by atoms with E-state index in [2.05, 4.69) is 11.2 Å². The van der Waals surface area contributed by atoms with Gasteiger partial charge in [-0.25, -0.2) is 8.78 Å². The van der Waals surface area contributed by atoms with E-state index >= 15 is 0 Å². The van der Waals surface area contributed by atoms with Gasteiger partial charge in [-0.2, -0.15) is 10.4 Å². The topological polar surface area (TPSA) is 93.9 Å². The summed E-state index contributed by atoms with van der Waals surface area (Å²) in [6.45, 7) is 3.48. The van der Waals surface area contributed by atoms with Gasteiger partial charge in [-0.1, -0.05) is 13.8 Å². The van der Waals surface area contributed by atoms with E-state index in [0.29, 0.717) is 18.4 Å². The average molecular weight is 352 g/mol. The lowest BCUT2D eigenvalue weighted by atomic mass is 9.62. The molecule has 2 heterocycles. The highest BCUT2D eigenvalue weighted by Crippen LogP contribution is 2.49. The van der Waals surface area contributed by atoms with E-state index in [1.807, 2.05) is 13.8 Å². The highest BCUT2D eigenvalue weighted by molar-refractivity contribution is 5.84. The third kappa shape index (κ3) is 3.44. The van der Waals surface area contributed by atoms with Gasteiger partial charge in [-0.3, -0.25) is 9.48 Å². The van der Waals surface area contributed by atoms with Gasteiger partial charge < -0.3 is 10.5 Å². The first-order chi connectivity index (χ1) is 11.7. The first-order valence-electron chi connectivity index (χ1n) is 8.36. The van der Waals surface area contributed by atoms with Gasteiger partial charge in [-0.15, -0.1) is 0 Å². The van der Waals surface area contributed by atoms with E-state index in [-0.39, 0.29) is 17.3 Å². The molecule has 0 aromatic carbocycles. The summed E-state index contributed by atoms with van der Waals surface area (Å²) in [7, 11) is 0. The number of rotatable bonds is 3. The van der Waals surface area contributed by atoms with Crippen LogP contribution in [0, 0.1) is 28.6 Å². The fraction of sp³-hybridized carbons (Fsp3) is 0.706. The lowest BCUT2D eigenvalue weighted by Gasteiger charge is -2.48. The number of Topliss-reactive ketones (excluding diaryl/α,β-unsaturated/α-hetero) is 1. The molecule has 1 aliphatic carbocycles. The zero-order valence-electron chi connectivity index (χ0n) is 14.2. The summed E-state index contributed by atoms with van der Waals surface area (Å²) in [6, 6.07) is 2.14. The number of hydrogen-bond donors (Lipinski definition) is 1. The molecule has 1 aliphatic heterocycles. The summed E-state index contributed by atoms with van der Waals surface area (Å²) in [6.07, 6.45) is 0.281. The van der Waals surface area contributed by atoms with Crippen LogP contribution in [0.1, 0.15) is 38.2 Å². The van der Waals surface area contributed by atoms with Crippen molar-refractivity contribution < 1.29 is 18.3 Å². The quantitative estimate of drug-likeness (QED) is 0.899. The Kier molecular flexibility index (Phi) is 4.64. The second-order valence-electron chi connectivity index (χ2n) is 7.74. The van der Waals surface area contributed by atoms with Crippen LogP contribution in [0.4, 0.5) is 8.78 Å². The van der Waals surface area contributed by atoms with Crippen LogP contribution < -0.4 is 5.73 Å². The Morgan fingerprint density at radius 3 is 2.88 bits per heavy atom. The van der Waals surface area contributed by atoms with Crippen LogP contribution in [-0.4, -0.2) is 34.3 Å². The zero-order valence-corrected chi connectivity index (χ0v) is 14.2. The Morgan fingerprint density at radius 1 is 1.52 bits per heavy atom. The summed E-state index contributed by atoms with van der Waals surface area (Å²) in [5.74, 6) is -1.69. The molecule has 1 aromatic rings. The summed E-state index contributed by atoms with van der Waals surface area (Å²) < 4.78 is 32.1. The molecular weight excluding hydrogens is 330 g/mol. The van der Waals surface area contributed by atoms with Crippen molar-refractivity contribution >= 4 is 5.78 Å². The molecule has 2 aliphatic rings. The number of carbonyl (C=O) groups is 1. The van der Waals surface area contributed by atoms with Crippen LogP contribution in [0.3, 0.4) is 0 Å². The maximum Gasteiger partial charge on any atom is 0.257 e. The van der Waals surface area contributed by atoms with E-state index in [4.69, 9.17) is 10.5 Å². The average Bonchev–Trinajstić information content (AvgIpc) is 2.91. The predicted octanol–water partition coefficient (Wildman–Crippen LogP) is 2.06. The number of alkyl halides is 2. The number of ether oxygens (including phenoxy) is 1. The Balaban J connectivity index is 1.97. The molecule has 25 heavy (non-hydrogen) atoms. The zero-order chi connectivity index (χ0) is 18.4. The fourth-order valence-corrected chi connectivity index (χ4v) is 4.18. The third-order valence-corrected chi connectivity index (χ3v) is 5.15. The normalized spacial score (nSPS) is 34.6. The molecule has 3 rings (SSSR count). The lowest BCUT2D eigenvalue weighted by Crippen LogP contribution is -2.56. The van der Waals surface area contributed by atoms with Gasteiger partial charge in [-0.05, 0) is 17.4 Å². The van der Waals surface area contributed by atoms with Gasteiger partial charge in [0.2, 0.25) is 0 Å². The number of halogens is 2. The molecule has 1 saturated heterocycles. The standard InChI is InChI=1S/C17H22F2N4O2/c1-17(2)3-11(24)15-12(4-17)25-16(21)10(5-20)14(15)9-6-22-23(7-9)8-13(18)19/h6-7,10,12-16H,3-4,8,21H2,1-2H3/t10-,12-,14+,15+,16-/m0/s1. The highest BCUT2D eigenvalue weighted by Gasteiger charge is 2.53. The molecule has 0 amide bonds. The smallest absolute Gasteiger partial charge is 0.257 e. The van der Waals surface area contributed by atoms with Gasteiger partial charge >= 0.3 is 0 Å². The summed E-state index contributed by atoms with van der Waals surface area (Å²) in [4.78, 5) is 12.8. The third-order valence-electron chi connectivity index (χ3n) is 5.15. The number of carbonyl (C=O) groups excluding carboxylic acids is 1. The first kappa shape index (κ1) is 18.0. The van der Waals surface area contributed by atoms with Crippen molar-refractivity contribution in [2.75, 3.05) is 0 Å². The molecule has 136 valence electrons. The molecule has 2 N–H and O–H groups in total. The van der Waals surface area contributed by atoms with E-state index in [0.717, 1.165) is 4.68 Å². The van der Waals surface area contributed by atoms with Crippen molar-refractivity contribution in [1.82, 2.24) is 9.78 Å². The minimum atomic E-state index is -2.53. The first-order valence-corrected chi connectivity index (χ1v) is 8.36. The largest absolute Gasteiger partial charge is 0.358 e. The molecule has 8 heteroatoms. The number of hydrogen-bond acceptors (Lipinski definition) is 5. The Labute approximate surface area is 144 Å². The monoisotopic (exact) mass is 352 g/mol. The van der Waals surface area contributed by atoms with E-state index < -0.39 is 37.0 Å². The van der Waals surface area contributed by atoms with Gasteiger partial charge in [0.1, 0.15) is 18.6 Å². The van der Waals surface area contributed by atoms with E-state index in [9.17, 15) is 18.8 Å². The summed E-state index contributed by atoms with van der Waals surface area (Å²) in [5, 5.41) is 13.5. The van der Waals surface area contributed by atoms with Crippen LogP contribution in [0.5, 0.6) is 0 Å². The molecule has 6 nitrogen and oxygen atoms in total. The van der Waals surface area contributed by atoms with Gasteiger partial charge in [0, 0.05) is 18.5 Å². The Hall–Kier alpha value is -1.85. The number of nitrogens with two attached hydrogens (primary N) is 1. The van der Waals surface area contributed by atoms with Crippen molar-refractivity contribution in [3.63, 3.8) is 0 Å². The molecule has 0 spiro atoms. The molecule has 1 aromatic heterocycles. The SMILES string of the molecule is CC1(C)CC(=O)[C@H]2[C@H](c3cnn(CC(F)F)c3)[C@H](C#N)[C@@H](N)O[C@H]2C1. The van der Waals surface area contributed by atoms with Crippen LogP contribution >= 0.6 is 0 Å². The molecule has 0 radical (unpaired) electrons. The van der Waals surface area contributed by atoms with Crippen molar-refractivity contribution in [2.45, 2.75) is 57.9 Å². The van der Waals surface area contributed by atoms with Crippen LogP contribution in [0.15, 0.2) is 12.4 Å². The molecular formula is C17H22F2N4O2. The molecule has 0 bridgehead atoms. The van der Waals surface area contributed by atoms with Gasteiger partial charge in [0.25, 0.3) is 6.43 Å². The molecule has 0 unspecified atom stereocenters. The highest BCUT2D eigenvalue weighted by atomic mass is 19.3. The van der Waals surface area contributed by atoms with Crippen LogP contribution in [-0.2, 0) is 16.1 Å². The van der Waals surface area contributed by atoms with Gasteiger partial charge in [0.15, 0.2) is 0 Å². The second-order valence-corrected chi connectivity index (χ2v) is 7.74. The Morgan fingerprint density at radius 2 is 2.24 bits per heavy atom.